The molecular formula is C40H48O9. The van der Waals surface area contributed by atoms with E-state index in [0.717, 1.165) is 41.2 Å². The number of benzene rings is 2. The van der Waals surface area contributed by atoms with Crippen molar-refractivity contribution >= 4 is 28.0 Å². The minimum atomic E-state index is -0.599. The van der Waals surface area contributed by atoms with Crippen molar-refractivity contribution in [1.29, 1.82) is 0 Å². The molecule has 2 atom stereocenters. The smallest absolute Gasteiger partial charge is 0.336 e. The van der Waals surface area contributed by atoms with Crippen molar-refractivity contribution in [3.63, 3.8) is 0 Å². The van der Waals surface area contributed by atoms with Crippen LogP contribution in [-0.4, -0.2) is 48.5 Å². The molecule has 5 rings (SSSR count). The molecule has 0 radical (unpaired) electrons. The number of hydrogen-bond acceptors (Lipinski definition) is 9. The lowest BCUT2D eigenvalue weighted by Gasteiger charge is -2.23. The van der Waals surface area contributed by atoms with Crippen molar-refractivity contribution < 1.29 is 37.6 Å². The summed E-state index contributed by atoms with van der Waals surface area (Å²) in [6, 6.07) is 12.0. The summed E-state index contributed by atoms with van der Waals surface area (Å²) >= 11 is 0. The van der Waals surface area contributed by atoms with Crippen molar-refractivity contribution in [2.45, 2.75) is 91.3 Å². The first-order valence-corrected chi connectivity index (χ1v) is 16.8. The minimum Gasteiger partial charge on any atom is -0.507 e. The third-order valence-corrected chi connectivity index (χ3v) is 8.41. The number of phenols is 1. The van der Waals surface area contributed by atoms with Crippen LogP contribution in [-0.2, 0) is 14.2 Å². The number of furan rings is 1. The lowest BCUT2D eigenvalue weighted by atomic mass is 9.96. The van der Waals surface area contributed by atoms with Gasteiger partial charge in [-0.05, 0) is 116 Å². The molecule has 1 aliphatic rings. The van der Waals surface area contributed by atoms with Crippen LogP contribution >= 0.6 is 0 Å². The average molecular weight is 673 g/mol. The van der Waals surface area contributed by atoms with E-state index < -0.39 is 11.9 Å². The summed E-state index contributed by atoms with van der Waals surface area (Å²) in [6.07, 6.45) is 10.9. The number of allylic oxidation sites excluding steroid dienone is 1. The summed E-state index contributed by atoms with van der Waals surface area (Å²) in [5.74, 6) is 1.20. The van der Waals surface area contributed by atoms with Gasteiger partial charge in [-0.1, -0.05) is 11.1 Å². The van der Waals surface area contributed by atoms with Crippen LogP contribution < -0.4 is 15.1 Å². The van der Waals surface area contributed by atoms with Gasteiger partial charge in [-0.2, -0.15) is 0 Å². The highest BCUT2D eigenvalue weighted by atomic mass is 16.7. The van der Waals surface area contributed by atoms with Gasteiger partial charge in [0.1, 0.15) is 41.6 Å². The van der Waals surface area contributed by atoms with Crippen LogP contribution in [0, 0.1) is 0 Å². The third kappa shape index (κ3) is 9.88. The summed E-state index contributed by atoms with van der Waals surface area (Å²) in [5.41, 5.74) is 2.80. The molecule has 1 unspecified atom stereocenters. The van der Waals surface area contributed by atoms with E-state index in [1.807, 2.05) is 71.0 Å². The van der Waals surface area contributed by atoms with E-state index >= 15 is 0 Å². The molecule has 2 aromatic heterocycles. The second kappa shape index (κ2) is 15.5. The Morgan fingerprint density at radius 3 is 2.47 bits per heavy atom. The summed E-state index contributed by atoms with van der Waals surface area (Å²) in [7, 11) is 0. The minimum absolute atomic E-state index is 0.0398. The highest BCUT2D eigenvalue weighted by Crippen LogP contribution is 2.39. The maximum Gasteiger partial charge on any atom is 0.336 e. The number of phenolic OH excluding ortho intramolecular Hbond substituents is 1. The highest BCUT2D eigenvalue weighted by molar-refractivity contribution is 5.91. The molecule has 9 nitrogen and oxygen atoms in total. The van der Waals surface area contributed by atoms with Gasteiger partial charge in [0.2, 0.25) is 0 Å². The molecule has 0 spiro atoms. The maximum atomic E-state index is 11.5. The van der Waals surface area contributed by atoms with Crippen molar-refractivity contribution in [3.8, 4) is 17.2 Å². The van der Waals surface area contributed by atoms with Gasteiger partial charge in [0.25, 0.3) is 0 Å². The third-order valence-electron chi connectivity index (χ3n) is 8.41. The van der Waals surface area contributed by atoms with Crippen LogP contribution in [0.1, 0.15) is 73.3 Å². The van der Waals surface area contributed by atoms with Crippen LogP contribution in [0.3, 0.4) is 0 Å². The molecule has 3 heterocycles. The molecule has 1 saturated heterocycles. The first-order chi connectivity index (χ1) is 23.3. The van der Waals surface area contributed by atoms with E-state index in [1.54, 1.807) is 30.5 Å². The SMILES string of the molecule is C/C(=C\COc1c(/C=C\C2O[C@H](CC/C(C)=C/COc3ccc4ccc(=O)oc4c3)C(C)(C)O2)c(O)cc2occc12)CCOC(C)(C)C. The molecule has 0 saturated carbocycles. The standard InChI is InChI=1S/C40H48O9/c1-26(16-20-43-29-11-9-28-10-14-36(42)47-33(28)24-29)8-13-35-40(6,7)49-37(48-35)15-12-30-32(41)25-34-31(19-22-44-34)38(30)45-21-17-27(2)18-23-46-39(3,4)5/h9-12,14-17,19,22,24-25,35,37,41H,8,13,18,20-21,23H2,1-7H3/b15-12-,26-16+,27-17+/t35-,37?/m1/s1. The molecule has 1 fully saturated rings. The number of fused-ring (bicyclic) bond motifs is 2. The Morgan fingerprint density at radius 1 is 0.959 bits per heavy atom. The second-order valence-corrected chi connectivity index (χ2v) is 14.0. The van der Waals surface area contributed by atoms with E-state index in [2.05, 4.69) is 13.8 Å². The number of rotatable bonds is 14. The Morgan fingerprint density at radius 2 is 1.69 bits per heavy atom. The predicted molar refractivity (Wildman–Crippen MR) is 191 cm³/mol. The fourth-order valence-electron chi connectivity index (χ4n) is 5.56. The largest absolute Gasteiger partial charge is 0.507 e. The highest BCUT2D eigenvalue weighted by Gasteiger charge is 2.41. The van der Waals surface area contributed by atoms with Crippen LogP contribution in [0.25, 0.3) is 28.0 Å². The van der Waals surface area contributed by atoms with E-state index in [9.17, 15) is 9.90 Å². The van der Waals surface area contributed by atoms with Gasteiger partial charge in [-0.15, -0.1) is 0 Å². The monoisotopic (exact) mass is 672 g/mol. The van der Waals surface area contributed by atoms with Crippen LogP contribution in [0.4, 0.5) is 0 Å². The maximum absolute atomic E-state index is 11.5. The Labute approximate surface area is 287 Å². The zero-order chi connectivity index (χ0) is 35.2. The zero-order valence-corrected chi connectivity index (χ0v) is 29.5. The van der Waals surface area contributed by atoms with Crippen molar-refractivity contribution in [3.05, 3.63) is 94.1 Å². The molecule has 0 aliphatic carbocycles. The first kappa shape index (κ1) is 36.0. The first-order valence-electron chi connectivity index (χ1n) is 16.8. The molecule has 9 heteroatoms. The topological polar surface area (TPSA) is 110 Å². The zero-order valence-electron chi connectivity index (χ0n) is 29.5. The van der Waals surface area contributed by atoms with Crippen molar-refractivity contribution in [1.82, 2.24) is 0 Å². The molecule has 1 N–H and O–H groups in total. The van der Waals surface area contributed by atoms with Crippen LogP contribution in [0.15, 0.2) is 91.7 Å². The summed E-state index contributed by atoms with van der Waals surface area (Å²) in [6.45, 7) is 15.7. The fraction of sp³-hybridized carbons (Fsp3) is 0.425. The van der Waals surface area contributed by atoms with E-state index in [1.165, 1.54) is 6.07 Å². The fourth-order valence-corrected chi connectivity index (χ4v) is 5.56. The predicted octanol–water partition coefficient (Wildman–Crippen LogP) is 9.11. The summed E-state index contributed by atoms with van der Waals surface area (Å²) < 4.78 is 41.4. The second-order valence-electron chi connectivity index (χ2n) is 14.0. The van der Waals surface area contributed by atoms with Gasteiger partial charge >= 0.3 is 5.63 Å². The van der Waals surface area contributed by atoms with Gasteiger partial charge in [0.15, 0.2) is 6.29 Å². The van der Waals surface area contributed by atoms with Gasteiger partial charge in [-0.3, -0.25) is 0 Å². The van der Waals surface area contributed by atoms with Gasteiger partial charge in [-0.25, -0.2) is 4.79 Å². The summed E-state index contributed by atoms with van der Waals surface area (Å²) in [5, 5.41) is 12.6. The number of ether oxygens (including phenoxy) is 5. The van der Waals surface area contributed by atoms with Gasteiger partial charge in [0.05, 0.1) is 41.1 Å². The number of aromatic hydroxyl groups is 1. The lowest BCUT2D eigenvalue weighted by Crippen LogP contribution is -2.32. The van der Waals surface area contributed by atoms with Crippen molar-refractivity contribution in [2.24, 2.45) is 0 Å². The molecule has 0 bridgehead atoms. The molecule has 2 aromatic carbocycles. The van der Waals surface area contributed by atoms with Crippen LogP contribution in [0.2, 0.25) is 0 Å². The Balaban J connectivity index is 1.18. The normalized spacial score (nSPS) is 18.6. The van der Waals surface area contributed by atoms with E-state index in [4.69, 9.17) is 32.5 Å². The summed E-state index contributed by atoms with van der Waals surface area (Å²) in [4.78, 5) is 11.5. The van der Waals surface area contributed by atoms with Gasteiger partial charge in [0, 0.05) is 23.6 Å². The average Bonchev–Trinajstić information content (AvgIpc) is 3.61. The molecule has 49 heavy (non-hydrogen) atoms. The molecular weight excluding hydrogens is 624 g/mol. The van der Waals surface area contributed by atoms with E-state index in [-0.39, 0.29) is 23.1 Å². The Bertz CT molecular complexity index is 1880. The molecule has 262 valence electrons. The van der Waals surface area contributed by atoms with Crippen LogP contribution in [0.5, 0.6) is 17.2 Å². The van der Waals surface area contributed by atoms with E-state index in [0.29, 0.717) is 48.0 Å². The molecule has 1 aliphatic heterocycles. The Kier molecular flexibility index (Phi) is 11.4. The number of hydrogen-bond donors (Lipinski definition) is 1. The van der Waals surface area contributed by atoms with Gasteiger partial charge < -0.3 is 37.6 Å². The molecule has 0 amide bonds. The van der Waals surface area contributed by atoms with Crippen molar-refractivity contribution in [2.75, 3.05) is 19.8 Å². The lowest BCUT2D eigenvalue weighted by molar-refractivity contribution is -0.0453. The molecule has 4 aromatic rings. The quantitative estimate of drug-likeness (QED) is 0.104. The Hall–Kier alpha value is -4.31.